The third-order valence-corrected chi connectivity index (χ3v) is 7.04. The number of carbonyl (C=O) groups is 1. The molecule has 2 aliphatic heterocycles. The van der Waals surface area contributed by atoms with Gasteiger partial charge >= 0.3 is 6.18 Å². The third-order valence-electron chi connectivity index (χ3n) is 7.04. The SMILES string of the molecule is C.Cc1ccc(N2CCCN(CCC(=O)N3CC[C@H](Nc4ccc([N+](=O)[O-])c(C(F)(F)F)c4)C3)CC2)cc1. The normalized spacial score (nSPS) is 18.6. The van der Waals surface area contributed by atoms with Crippen molar-refractivity contribution in [2.45, 2.75) is 45.8 Å². The van der Waals surface area contributed by atoms with Crippen LogP contribution < -0.4 is 10.2 Å². The Morgan fingerprint density at radius 2 is 1.82 bits per heavy atom. The molecule has 0 unspecified atom stereocenters. The summed E-state index contributed by atoms with van der Waals surface area (Å²) in [5.74, 6) is 0.0311. The molecule has 2 saturated heterocycles. The quantitative estimate of drug-likeness (QED) is 0.389. The number of carbonyl (C=O) groups excluding carboxylic acids is 1. The van der Waals surface area contributed by atoms with E-state index in [0.29, 0.717) is 32.5 Å². The predicted octanol–water partition coefficient (Wildman–Crippen LogP) is 5.17. The molecule has 2 aromatic rings. The van der Waals surface area contributed by atoms with Crippen LogP contribution in [0.25, 0.3) is 0 Å². The fraction of sp³-hybridized carbons (Fsp3) is 0.519. The Balaban J connectivity index is 0.00000400. The van der Waals surface area contributed by atoms with Gasteiger partial charge in [-0.3, -0.25) is 14.9 Å². The van der Waals surface area contributed by atoms with Crippen LogP contribution in [0.4, 0.5) is 30.2 Å². The van der Waals surface area contributed by atoms with Crippen LogP contribution >= 0.6 is 0 Å². The van der Waals surface area contributed by atoms with Crippen LogP contribution in [-0.2, 0) is 11.0 Å². The molecule has 2 fully saturated rings. The molecule has 208 valence electrons. The van der Waals surface area contributed by atoms with Crippen molar-refractivity contribution < 1.29 is 22.9 Å². The first-order valence-corrected chi connectivity index (χ1v) is 12.5. The van der Waals surface area contributed by atoms with Gasteiger partial charge < -0.3 is 20.0 Å². The molecular formula is C27H36F3N5O3. The van der Waals surface area contributed by atoms with Crippen molar-refractivity contribution in [3.63, 3.8) is 0 Å². The van der Waals surface area contributed by atoms with E-state index in [9.17, 15) is 28.1 Å². The number of likely N-dealkylation sites (tertiary alicyclic amines) is 1. The molecule has 1 atom stereocenters. The molecule has 4 rings (SSSR count). The van der Waals surface area contributed by atoms with Gasteiger partial charge in [-0.25, -0.2) is 0 Å². The molecule has 11 heteroatoms. The van der Waals surface area contributed by atoms with Gasteiger partial charge in [0.15, 0.2) is 0 Å². The summed E-state index contributed by atoms with van der Waals surface area (Å²) < 4.78 is 39.8. The summed E-state index contributed by atoms with van der Waals surface area (Å²) in [6.45, 7) is 7.35. The Labute approximate surface area is 221 Å². The number of nitrogens with zero attached hydrogens (tertiary/aromatic N) is 4. The zero-order valence-electron chi connectivity index (χ0n) is 20.8. The van der Waals surface area contributed by atoms with Crippen LogP contribution in [0.2, 0.25) is 0 Å². The molecule has 0 radical (unpaired) electrons. The maximum Gasteiger partial charge on any atom is 0.423 e. The molecule has 0 bridgehead atoms. The summed E-state index contributed by atoms with van der Waals surface area (Å²) >= 11 is 0. The zero-order chi connectivity index (χ0) is 26.6. The highest BCUT2D eigenvalue weighted by atomic mass is 19.4. The molecule has 1 amide bonds. The van der Waals surface area contributed by atoms with Crippen LogP contribution in [0.1, 0.15) is 37.8 Å². The fourth-order valence-corrected chi connectivity index (χ4v) is 4.97. The van der Waals surface area contributed by atoms with E-state index >= 15 is 0 Å². The first-order chi connectivity index (χ1) is 17.6. The van der Waals surface area contributed by atoms with E-state index in [0.717, 1.165) is 44.7 Å². The minimum absolute atomic E-state index is 0. The molecule has 2 heterocycles. The van der Waals surface area contributed by atoms with Crippen molar-refractivity contribution in [3.8, 4) is 0 Å². The van der Waals surface area contributed by atoms with Crippen LogP contribution in [0.15, 0.2) is 42.5 Å². The lowest BCUT2D eigenvalue weighted by atomic mass is 10.1. The van der Waals surface area contributed by atoms with Gasteiger partial charge in [0, 0.05) is 69.2 Å². The monoisotopic (exact) mass is 535 g/mol. The lowest BCUT2D eigenvalue weighted by Gasteiger charge is -2.24. The Kier molecular flexibility index (Phi) is 9.59. The number of rotatable bonds is 7. The van der Waals surface area contributed by atoms with Crippen LogP contribution in [0, 0.1) is 17.0 Å². The number of hydrogen-bond donors (Lipinski definition) is 1. The van der Waals surface area contributed by atoms with Gasteiger partial charge in [0.2, 0.25) is 5.91 Å². The second-order valence-electron chi connectivity index (χ2n) is 9.72. The van der Waals surface area contributed by atoms with Crippen LogP contribution in [0.3, 0.4) is 0 Å². The predicted molar refractivity (Wildman–Crippen MR) is 143 cm³/mol. The van der Waals surface area contributed by atoms with Gasteiger partial charge in [-0.1, -0.05) is 25.1 Å². The van der Waals surface area contributed by atoms with Crippen molar-refractivity contribution >= 4 is 23.0 Å². The maximum atomic E-state index is 13.3. The van der Waals surface area contributed by atoms with Gasteiger partial charge in [0.05, 0.1) is 4.92 Å². The molecule has 2 aromatic carbocycles. The molecule has 38 heavy (non-hydrogen) atoms. The first-order valence-electron chi connectivity index (χ1n) is 12.5. The highest BCUT2D eigenvalue weighted by molar-refractivity contribution is 5.77. The number of nitro benzene ring substituents is 1. The van der Waals surface area contributed by atoms with E-state index in [-0.39, 0.29) is 25.1 Å². The zero-order valence-corrected chi connectivity index (χ0v) is 20.8. The highest BCUT2D eigenvalue weighted by Gasteiger charge is 2.38. The minimum Gasteiger partial charge on any atom is -0.380 e. The average Bonchev–Trinajstić information content (AvgIpc) is 3.19. The van der Waals surface area contributed by atoms with Crippen molar-refractivity contribution in [1.29, 1.82) is 0 Å². The van der Waals surface area contributed by atoms with Crippen LogP contribution in [0.5, 0.6) is 0 Å². The van der Waals surface area contributed by atoms with Gasteiger partial charge in [-0.05, 0) is 50.6 Å². The third kappa shape index (κ3) is 7.37. The van der Waals surface area contributed by atoms with Gasteiger partial charge in [-0.2, -0.15) is 13.2 Å². The van der Waals surface area contributed by atoms with E-state index < -0.39 is 22.4 Å². The Hall–Kier alpha value is -3.34. The lowest BCUT2D eigenvalue weighted by molar-refractivity contribution is -0.388. The van der Waals surface area contributed by atoms with Gasteiger partial charge in [0.25, 0.3) is 5.69 Å². The second-order valence-corrected chi connectivity index (χ2v) is 9.72. The van der Waals surface area contributed by atoms with Crippen molar-refractivity contribution in [2.24, 2.45) is 0 Å². The second kappa shape index (κ2) is 12.5. The summed E-state index contributed by atoms with van der Waals surface area (Å²) in [4.78, 5) is 29.2. The van der Waals surface area contributed by atoms with Crippen molar-refractivity contribution in [3.05, 3.63) is 63.7 Å². The van der Waals surface area contributed by atoms with Gasteiger partial charge in [-0.15, -0.1) is 0 Å². The number of nitro groups is 1. The Morgan fingerprint density at radius 3 is 2.50 bits per heavy atom. The lowest BCUT2D eigenvalue weighted by Crippen LogP contribution is -2.36. The fourth-order valence-electron chi connectivity index (χ4n) is 4.97. The molecule has 0 aliphatic carbocycles. The number of nitrogens with one attached hydrogen (secondary N) is 1. The van der Waals surface area contributed by atoms with Crippen molar-refractivity contribution in [1.82, 2.24) is 9.80 Å². The van der Waals surface area contributed by atoms with Gasteiger partial charge in [0.1, 0.15) is 5.56 Å². The topological polar surface area (TPSA) is 82.0 Å². The molecular weight excluding hydrogens is 499 g/mol. The Bertz CT molecular complexity index is 1110. The molecule has 0 saturated carbocycles. The molecule has 1 N–H and O–H groups in total. The number of aryl methyl sites for hydroxylation is 1. The smallest absolute Gasteiger partial charge is 0.380 e. The van der Waals surface area contributed by atoms with E-state index in [1.165, 1.54) is 17.3 Å². The standard InChI is InChI=1S/C26H32F3N5O3.CH4/c1-19-3-6-22(7-4-19)32-12-2-11-31(15-16-32)13-10-25(35)33-14-9-21(18-33)30-20-5-8-24(34(36)37)23(17-20)26(27,28)29;/h3-8,17,21,30H,2,9-16,18H2,1H3;1H4/t21-;/m0./s1. The number of halogens is 3. The number of anilines is 2. The number of hydrogen-bond acceptors (Lipinski definition) is 6. The molecule has 2 aliphatic rings. The molecule has 8 nitrogen and oxygen atoms in total. The van der Waals surface area contributed by atoms with E-state index in [2.05, 4.69) is 46.3 Å². The minimum atomic E-state index is -4.83. The van der Waals surface area contributed by atoms with E-state index in [4.69, 9.17) is 0 Å². The number of amides is 1. The number of benzene rings is 2. The largest absolute Gasteiger partial charge is 0.423 e. The summed E-state index contributed by atoms with van der Waals surface area (Å²) in [5, 5.41) is 14.0. The van der Waals surface area contributed by atoms with Crippen LogP contribution in [-0.4, -0.2) is 72.5 Å². The molecule has 0 spiro atoms. The average molecular weight is 536 g/mol. The van der Waals surface area contributed by atoms with E-state index in [1.807, 2.05) is 0 Å². The summed E-state index contributed by atoms with van der Waals surface area (Å²) in [6, 6.07) is 11.2. The maximum absolute atomic E-state index is 13.3. The summed E-state index contributed by atoms with van der Waals surface area (Å²) in [5.41, 5.74) is 0.342. The first kappa shape index (κ1) is 29.2. The highest BCUT2D eigenvalue weighted by Crippen LogP contribution is 2.37. The summed E-state index contributed by atoms with van der Waals surface area (Å²) in [6.07, 6.45) is -2.82. The number of alkyl halides is 3. The van der Waals surface area contributed by atoms with E-state index in [1.54, 1.807) is 4.90 Å². The Morgan fingerprint density at radius 1 is 1.08 bits per heavy atom. The molecule has 0 aromatic heterocycles. The summed E-state index contributed by atoms with van der Waals surface area (Å²) in [7, 11) is 0. The van der Waals surface area contributed by atoms with Crippen molar-refractivity contribution in [2.75, 3.05) is 56.0 Å².